The van der Waals surface area contributed by atoms with E-state index in [9.17, 15) is 4.79 Å². The number of fused-ring (bicyclic) bond motifs is 1. The van der Waals surface area contributed by atoms with E-state index in [1.54, 1.807) is 13.1 Å². The fraction of sp³-hybridized carbons (Fsp3) is 0.440. The Balaban J connectivity index is 1.63. The van der Waals surface area contributed by atoms with Crippen LogP contribution in [0.3, 0.4) is 0 Å². The Hall–Kier alpha value is -3.30. The van der Waals surface area contributed by atoms with Crippen LogP contribution in [0, 0.1) is 0 Å². The van der Waals surface area contributed by atoms with Crippen LogP contribution in [-0.4, -0.2) is 79.5 Å². The van der Waals surface area contributed by atoms with Gasteiger partial charge in [0.15, 0.2) is 5.65 Å². The van der Waals surface area contributed by atoms with Gasteiger partial charge in [-0.05, 0) is 38.1 Å². The van der Waals surface area contributed by atoms with Crippen LogP contribution >= 0.6 is 0 Å². The maximum absolute atomic E-state index is 12.1. The maximum Gasteiger partial charge on any atom is 0.251 e. The zero-order valence-corrected chi connectivity index (χ0v) is 19.8. The van der Waals surface area contributed by atoms with E-state index in [0.717, 1.165) is 35.6 Å². The molecule has 2 fully saturated rings. The van der Waals surface area contributed by atoms with Gasteiger partial charge in [-0.2, -0.15) is 9.97 Å². The molecule has 0 bridgehead atoms. The van der Waals surface area contributed by atoms with Crippen molar-refractivity contribution in [2.75, 3.05) is 56.4 Å². The predicted molar refractivity (Wildman–Crippen MR) is 131 cm³/mol. The van der Waals surface area contributed by atoms with Crippen LogP contribution < -0.4 is 15.1 Å². The Morgan fingerprint density at radius 2 is 1.71 bits per heavy atom. The minimum Gasteiger partial charge on any atom is -0.377 e. The van der Waals surface area contributed by atoms with Gasteiger partial charge >= 0.3 is 0 Å². The zero-order valence-electron chi connectivity index (χ0n) is 19.8. The summed E-state index contributed by atoms with van der Waals surface area (Å²) in [5.74, 6) is 1.42. The molecule has 34 heavy (non-hydrogen) atoms. The van der Waals surface area contributed by atoms with Crippen LogP contribution in [0.1, 0.15) is 24.2 Å². The molecule has 9 nitrogen and oxygen atoms in total. The average molecular weight is 463 g/mol. The van der Waals surface area contributed by atoms with Crippen molar-refractivity contribution in [3.8, 4) is 11.3 Å². The van der Waals surface area contributed by atoms with Crippen LogP contribution in [0.4, 0.5) is 11.8 Å². The highest BCUT2D eigenvalue weighted by molar-refractivity contribution is 5.95. The molecule has 1 N–H and O–H groups in total. The number of hydrogen-bond donors (Lipinski definition) is 1. The quantitative estimate of drug-likeness (QED) is 0.632. The van der Waals surface area contributed by atoms with Gasteiger partial charge in [-0.25, -0.2) is 4.98 Å². The first-order valence-corrected chi connectivity index (χ1v) is 11.7. The number of benzene rings is 1. The Kier molecular flexibility index (Phi) is 6.30. The van der Waals surface area contributed by atoms with Gasteiger partial charge in [-0.15, -0.1) is 0 Å². The zero-order chi connectivity index (χ0) is 23.7. The molecule has 2 aliphatic heterocycles. The van der Waals surface area contributed by atoms with E-state index in [1.165, 1.54) is 0 Å². The lowest BCUT2D eigenvalue weighted by Gasteiger charge is -2.37. The number of nitrogens with zero attached hydrogens (tertiary/aromatic N) is 5. The van der Waals surface area contributed by atoms with Gasteiger partial charge in [0.25, 0.3) is 5.91 Å². The van der Waals surface area contributed by atoms with E-state index in [0.29, 0.717) is 43.6 Å². The van der Waals surface area contributed by atoms with E-state index >= 15 is 0 Å². The standard InChI is InChI=1S/C25H30N6O3/c1-16-14-33-11-9-30(16)23-20-7-8-21(18-5-4-6-19(13-18)24(32)26-3)27-22(20)28-25(29-23)31-10-12-34-15-17(31)2/h4-8,13,16-17H,9-12,14-15H2,1-3H3,(H,26,32)/t16-,17?/m0/s1. The number of morpholine rings is 2. The monoisotopic (exact) mass is 462 g/mol. The number of amides is 1. The van der Waals surface area contributed by atoms with Crippen molar-refractivity contribution in [2.45, 2.75) is 25.9 Å². The number of ether oxygens (including phenoxy) is 2. The molecule has 0 spiro atoms. The number of aromatic nitrogens is 3. The summed E-state index contributed by atoms with van der Waals surface area (Å²) in [6.45, 7) is 8.39. The molecule has 4 heterocycles. The molecular weight excluding hydrogens is 432 g/mol. The first kappa shape index (κ1) is 22.5. The highest BCUT2D eigenvalue weighted by Crippen LogP contribution is 2.31. The van der Waals surface area contributed by atoms with Crippen molar-refractivity contribution >= 4 is 28.7 Å². The van der Waals surface area contributed by atoms with Gasteiger partial charge in [0.2, 0.25) is 5.95 Å². The molecule has 9 heteroatoms. The smallest absolute Gasteiger partial charge is 0.251 e. The fourth-order valence-corrected chi connectivity index (χ4v) is 4.52. The molecule has 1 aromatic carbocycles. The van der Waals surface area contributed by atoms with E-state index in [4.69, 9.17) is 24.4 Å². The Labute approximate surface area is 199 Å². The Bertz CT molecular complexity index is 1200. The third kappa shape index (κ3) is 4.28. The first-order valence-electron chi connectivity index (χ1n) is 11.7. The van der Waals surface area contributed by atoms with Crippen molar-refractivity contribution in [1.82, 2.24) is 20.3 Å². The van der Waals surface area contributed by atoms with Gasteiger partial charge in [0.1, 0.15) is 5.82 Å². The topological polar surface area (TPSA) is 92.7 Å². The molecule has 0 aliphatic carbocycles. The molecule has 3 aromatic rings. The van der Waals surface area contributed by atoms with Crippen LogP contribution in [0.2, 0.25) is 0 Å². The number of nitrogens with one attached hydrogen (secondary N) is 1. The number of anilines is 2. The molecular formula is C25H30N6O3. The van der Waals surface area contributed by atoms with E-state index < -0.39 is 0 Å². The highest BCUT2D eigenvalue weighted by atomic mass is 16.5. The van der Waals surface area contributed by atoms with Crippen molar-refractivity contribution in [3.63, 3.8) is 0 Å². The molecule has 0 radical (unpaired) electrons. The minimum absolute atomic E-state index is 0.128. The van der Waals surface area contributed by atoms with E-state index in [-0.39, 0.29) is 18.0 Å². The molecule has 2 atom stereocenters. The summed E-state index contributed by atoms with van der Waals surface area (Å²) in [7, 11) is 1.63. The van der Waals surface area contributed by atoms with Gasteiger partial charge in [0, 0.05) is 31.3 Å². The highest BCUT2D eigenvalue weighted by Gasteiger charge is 2.27. The molecule has 178 valence electrons. The predicted octanol–water partition coefficient (Wildman–Crippen LogP) is 2.50. The summed E-state index contributed by atoms with van der Waals surface area (Å²) in [6, 6.07) is 11.9. The molecule has 2 aromatic heterocycles. The summed E-state index contributed by atoms with van der Waals surface area (Å²) >= 11 is 0. The maximum atomic E-state index is 12.1. The van der Waals surface area contributed by atoms with Gasteiger partial charge < -0.3 is 24.6 Å². The lowest BCUT2D eigenvalue weighted by Crippen LogP contribution is -2.46. The van der Waals surface area contributed by atoms with Crippen LogP contribution in [-0.2, 0) is 9.47 Å². The van der Waals surface area contributed by atoms with Gasteiger partial charge in [-0.3, -0.25) is 4.79 Å². The van der Waals surface area contributed by atoms with Crippen molar-refractivity contribution in [2.24, 2.45) is 0 Å². The molecule has 2 saturated heterocycles. The molecule has 2 aliphatic rings. The van der Waals surface area contributed by atoms with Crippen molar-refractivity contribution < 1.29 is 14.3 Å². The number of rotatable bonds is 4. The third-order valence-corrected chi connectivity index (χ3v) is 6.44. The van der Waals surface area contributed by atoms with Crippen LogP contribution in [0.5, 0.6) is 0 Å². The Morgan fingerprint density at radius 3 is 2.41 bits per heavy atom. The second kappa shape index (κ2) is 9.52. The number of carbonyl (C=O) groups is 1. The lowest BCUT2D eigenvalue weighted by molar-refractivity contribution is 0.0962. The SMILES string of the molecule is CNC(=O)c1cccc(-c2ccc3c(N4CCOC[C@@H]4C)nc(N4CCOCC4C)nc3n2)c1. The van der Waals surface area contributed by atoms with Crippen molar-refractivity contribution in [1.29, 1.82) is 0 Å². The van der Waals surface area contributed by atoms with E-state index in [2.05, 4.69) is 29.0 Å². The van der Waals surface area contributed by atoms with Crippen LogP contribution in [0.15, 0.2) is 36.4 Å². The van der Waals surface area contributed by atoms with Gasteiger partial charge in [0.05, 0.1) is 49.6 Å². The average Bonchev–Trinajstić information content (AvgIpc) is 2.88. The second-order valence-electron chi connectivity index (χ2n) is 8.81. The summed E-state index contributed by atoms with van der Waals surface area (Å²) in [4.78, 5) is 31.5. The largest absolute Gasteiger partial charge is 0.377 e. The molecule has 1 unspecified atom stereocenters. The Morgan fingerprint density at radius 1 is 0.971 bits per heavy atom. The summed E-state index contributed by atoms with van der Waals surface area (Å²) in [6.07, 6.45) is 0. The molecule has 5 rings (SSSR count). The first-order chi connectivity index (χ1) is 16.5. The van der Waals surface area contributed by atoms with E-state index in [1.807, 2.05) is 30.3 Å². The minimum atomic E-state index is -0.128. The normalized spacial score (nSPS) is 21.0. The number of pyridine rings is 1. The van der Waals surface area contributed by atoms with Crippen LogP contribution in [0.25, 0.3) is 22.3 Å². The lowest BCUT2D eigenvalue weighted by atomic mass is 10.1. The third-order valence-electron chi connectivity index (χ3n) is 6.44. The van der Waals surface area contributed by atoms with Gasteiger partial charge in [-0.1, -0.05) is 12.1 Å². The summed E-state index contributed by atoms with van der Waals surface area (Å²) in [5, 5.41) is 3.58. The second-order valence-corrected chi connectivity index (χ2v) is 8.81. The fourth-order valence-electron chi connectivity index (χ4n) is 4.52. The summed E-state index contributed by atoms with van der Waals surface area (Å²) < 4.78 is 11.3. The van der Waals surface area contributed by atoms with Crippen molar-refractivity contribution in [3.05, 3.63) is 42.0 Å². The molecule has 0 saturated carbocycles. The number of carbonyl (C=O) groups excluding carboxylic acids is 1. The summed E-state index contributed by atoms with van der Waals surface area (Å²) in [5.41, 5.74) is 2.86. The molecule has 1 amide bonds. The number of hydrogen-bond acceptors (Lipinski definition) is 8.